The quantitative estimate of drug-likeness (QED) is 0.418. The highest BCUT2D eigenvalue weighted by Crippen LogP contribution is 2.78. The summed E-state index contributed by atoms with van der Waals surface area (Å²) in [5.41, 5.74) is -1.08. The Morgan fingerprint density at radius 2 is 1.50 bits per heavy atom. The van der Waals surface area contributed by atoms with Gasteiger partial charge in [0.05, 0.1) is 17.1 Å². The number of carboxylic acids is 1. The lowest BCUT2D eigenvalue weighted by Crippen LogP contribution is -2.73. The minimum absolute atomic E-state index is 0.0451. The summed E-state index contributed by atoms with van der Waals surface area (Å²) in [5.74, 6) is 0.0895. The zero-order chi connectivity index (χ0) is 25.1. The predicted octanol–water partition coefficient (Wildman–Crippen LogP) is 6.20. The van der Waals surface area contributed by atoms with Crippen LogP contribution in [0.1, 0.15) is 106 Å². The summed E-state index contributed by atoms with van der Waals surface area (Å²) in [6.07, 6.45) is 8.39. The van der Waals surface area contributed by atoms with Gasteiger partial charge in [-0.15, -0.1) is 0 Å². The number of rotatable bonds is 2. The summed E-state index contributed by atoms with van der Waals surface area (Å²) >= 11 is 0. The third kappa shape index (κ3) is 2.61. The minimum Gasteiger partial charge on any atom is -0.481 e. The molecule has 10 unspecified atom stereocenters. The molecule has 0 radical (unpaired) electrons. The fourth-order valence-corrected chi connectivity index (χ4v) is 11.5. The van der Waals surface area contributed by atoms with Crippen LogP contribution in [0.4, 0.5) is 0 Å². The van der Waals surface area contributed by atoms with Crippen molar-refractivity contribution in [1.82, 2.24) is 0 Å². The van der Waals surface area contributed by atoms with Crippen LogP contribution in [0.5, 0.6) is 0 Å². The maximum atomic E-state index is 12.8. The van der Waals surface area contributed by atoms with E-state index < -0.39 is 17.0 Å². The van der Waals surface area contributed by atoms with Gasteiger partial charge >= 0.3 is 5.97 Å². The van der Waals surface area contributed by atoms with Crippen molar-refractivity contribution in [2.45, 2.75) is 117 Å². The average molecular weight is 473 g/mol. The van der Waals surface area contributed by atoms with E-state index in [0.29, 0.717) is 31.1 Å². The SMILES string of the molecule is C=C(C)C1CCC2(C(=O)O)CCC3(C)C4(C)CCC5C(C)(C)C(O)CCC5(C)C4CCC3(O)C12. The fraction of sp³-hybridized carbons (Fsp3) is 0.900. The smallest absolute Gasteiger partial charge is 0.310 e. The molecule has 5 aliphatic carbocycles. The van der Waals surface area contributed by atoms with Crippen molar-refractivity contribution >= 4 is 5.97 Å². The monoisotopic (exact) mass is 472 g/mol. The number of fused-ring (bicyclic) bond motifs is 7. The zero-order valence-corrected chi connectivity index (χ0v) is 22.4. The van der Waals surface area contributed by atoms with Gasteiger partial charge in [0.25, 0.3) is 0 Å². The predicted molar refractivity (Wildman–Crippen MR) is 134 cm³/mol. The minimum atomic E-state index is -0.984. The van der Waals surface area contributed by atoms with Crippen LogP contribution in [0, 0.1) is 50.7 Å². The van der Waals surface area contributed by atoms with E-state index in [1.807, 2.05) is 6.92 Å². The van der Waals surface area contributed by atoms with Gasteiger partial charge in [-0.1, -0.05) is 46.8 Å². The number of hydrogen-bond donors (Lipinski definition) is 3. The molecule has 0 aliphatic heterocycles. The number of carbonyl (C=O) groups is 1. The summed E-state index contributed by atoms with van der Waals surface area (Å²) in [7, 11) is 0. The van der Waals surface area contributed by atoms with Gasteiger partial charge in [0.1, 0.15) is 0 Å². The molecule has 5 aliphatic rings. The Morgan fingerprint density at radius 3 is 2.12 bits per heavy atom. The highest BCUT2D eigenvalue weighted by atomic mass is 16.4. The Morgan fingerprint density at radius 1 is 0.853 bits per heavy atom. The Labute approximate surface area is 206 Å². The Kier molecular flexibility index (Phi) is 5.20. The second-order valence-corrected chi connectivity index (χ2v) is 14.7. The molecule has 0 aromatic carbocycles. The van der Waals surface area contributed by atoms with Gasteiger partial charge in [-0.05, 0) is 105 Å². The van der Waals surface area contributed by atoms with Gasteiger partial charge in [-0.2, -0.15) is 0 Å². The standard InChI is InChI=1S/C30H48O4/c1-18(2)19-8-14-29(24(32)33)17-16-28(7)27(6)13-9-20-25(3,4)22(31)11-12-26(20,5)21(27)10-15-30(28,34)23(19)29/h19-23,31,34H,1,8-17H2,2-7H3,(H,32,33). The van der Waals surface area contributed by atoms with Crippen molar-refractivity contribution in [2.75, 3.05) is 0 Å². The van der Waals surface area contributed by atoms with Crippen LogP contribution in [0.25, 0.3) is 0 Å². The number of aliphatic hydroxyl groups excluding tert-OH is 1. The van der Waals surface area contributed by atoms with Crippen LogP contribution >= 0.6 is 0 Å². The zero-order valence-electron chi connectivity index (χ0n) is 22.4. The number of hydrogen-bond acceptors (Lipinski definition) is 3. The van der Waals surface area contributed by atoms with E-state index in [1.165, 1.54) is 0 Å². The summed E-state index contributed by atoms with van der Waals surface area (Å²) in [6.45, 7) is 18.1. The maximum Gasteiger partial charge on any atom is 0.310 e. The highest BCUT2D eigenvalue weighted by Gasteiger charge is 2.77. The van der Waals surface area contributed by atoms with E-state index in [9.17, 15) is 20.1 Å². The molecule has 0 bridgehead atoms. The van der Waals surface area contributed by atoms with Crippen LogP contribution in [0.15, 0.2) is 12.2 Å². The topological polar surface area (TPSA) is 77.8 Å². The molecule has 0 heterocycles. The van der Waals surface area contributed by atoms with Crippen molar-refractivity contribution in [3.63, 3.8) is 0 Å². The molecule has 0 saturated heterocycles. The van der Waals surface area contributed by atoms with E-state index in [2.05, 4.69) is 41.2 Å². The highest BCUT2D eigenvalue weighted by molar-refractivity contribution is 5.76. The van der Waals surface area contributed by atoms with Crippen LogP contribution in [-0.2, 0) is 4.79 Å². The van der Waals surface area contributed by atoms with Gasteiger partial charge in [0.15, 0.2) is 0 Å². The maximum absolute atomic E-state index is 12.8. The van der Waals surface area contributed by atoms with Gasteiger partial charge in [-0.25, -0.2) is 0 Å². The van der Waals surface area contributed by atoms with Gasteiger partial charge < -0.3 is 15.3 Å². The summed E-state index contributed by atoms with van der Waals surface area (Å²) in [6, 6.07) is 0. The molecular formula is C30H48O4. The number of carboxylic acid groups (broad SMARTS) is 1. The van der Waals surface area contributed by atoms with E-state index in [-0.39, 0.29) is 39.6 Å². The van der Waals surface area contributed by atoms with Crippen molar-refractivity contribution in [3.05, 3.63) is 12.2 Å². The van der Waals surface area contributed by atoms with Crippen molar-refractivity contribution in [2.24, 2.45) is 50.7 Å². The van der Waals surface area contributed by atoms with Gasteiger partial charge in [0.2, 0.25) is 0 Å². The van der Waals surface area contributed by atoms with Crippen molar-refractivity contribution < 1.29 is 20.1 Å². The first-order valence-corrected chi connectivity index (χ1v) is 13.9. The van der Waals surface area contributed by atoms with E-state index in [1.54, 1.807) is 0 Å². The Bertz CT molecular complexity index is 909. The first-order valence-electron chi connectivity index (χ1n) is 13.9. The first-order chi connectivity index (χ1) is 15.6. The Balaban J connectivity index is 1.61. The van der Waals surface area contributed by atoms with Crippen LogP contribution in [-0.4, -0.2) is 33.0 Å². The molecule has 5 saturated carbocycles. The van der Waals surface area contributed by atoms with Crippen LogP contribution < -0.4 is 0 Å². The van der Waals surface area contributed by atoms with Gasteiger partial charge in [-0.3, -0.25) is 4.79 Å². The average Bonchev–Trinajstić information content (AvgIpc) is 3.16. The van der Waals surface area contributed by atoms with Crippen molar-refractivity contribution in [1.29, 1.82) is 0 Å². The summed E-state index contributed by atoms with van der Waals surface area (Å²) in [4.78, 5) is 12.8. The summed E-state index contributed by atoms with van der Waals surface area (Å²) < 4.78 is 0. The second kappa shape index (κ2) is 7.12. The lowest BCUT2D eigenvalue weighted by Gasteiger charge is -2.74. The largest absolute Gasteiger partial charge is 0.481 e. The van der Waals surface area contributed by atoms with Crippen LogP contribution in [0.2, 0.25) is 0 Å². The molecule has 3 N–H and O–H groups in total. The second-order valence-electron chi connectivity index (χ2n) is 14.7. The molecule has 0 spiro atoms. The molecule has 192 valence electrons. The normalized spacial score (nSPS) is 55.9. The molecule has 0 aromatic heterocycles. The van der Waals surface area contributed by atoms with E-state index in [4.69, 9.17) is 0 Å². The molecule has 34 heavy (non-hydrogen) atoms. The molecule has 5 fully saturated rings. The van der Waals surface area contributed by atoms with Crippen LogP contribution in [0.3, 0.4) is 0 Å². The lowest BCUT2D eigenvalue weighted by atomic mass is 9.31. The molecule has 4 nitrogen and oxygen atoms in total. The molecule has 5 rings (SSSR count). The molecule has 10 atom stereocenters. The molecule has 0 amide bonds. The third-order valence-corrected chi connectivity index (χ3v) is 13.6. The van der Waals surface area contributed by atoms with Crippen molar-refractivity contribution in [3.8, 4) is 0 Å². The summed E-state index contributed by atoms with van der Waals surface area (Å²) in [5, 5.41) is 34.2. The van der Waals surface area contributed by atoms with Gasteiger partial charge in [0, 0.05) is 11.3 Å². The lowest BCUT2D eigenvalue weighted by molar-refractivity contribution is -0.305. The Hall–Kier alpha value is -0.870. The third-order valence-electron chi connectivity index (χ3n) is 13.6. The fourth-order valence-electron chi connectivity index (χ4n) is 11.5. The first kappa shape index (κ1) is 24.8. The molecular weight excluding hydrogens is 424 g/mol. The van der Waals surface area contributed by atoms with E-state index in [0.717, 1.165) is 50.5 Å². The number of allylic oxidation sites excluding steroid dienone is 1. The number of aliphatic hydroxyl groups is 2. The number of aliphatic carboxylic acids is 1. The molecule has 4 heteroatoms. The molecule has 0 aromatic rings. The van der Waals surface area contributed by atoms with E-state index >= 15 is 0 Å².